The molecule has 0 aliphatic carbocycles. The molecule has 0 bridgehead atoms. The maximum Gasteiger partial charge on any atom is 0.421 e. The van der Waals surface area contributed by atoms with Crippen molar-refractivity contribution < 1.29 is 9.21 Å². The van der Waals surface area contributed by atoms with Crippen LogP contribution in [0.4, 0.5) is 5.69 Å². The number of aromatic nitrogens is 1. The lowest BCUT2D eigenvalue weighted by atomic mass is 10.0. The quantitative estimate of drug-likeness (QED) is 0.428. The SMILES string of the molecule is O=C(c1ccc2oc(=O)n(CN3CCN(c4ccccc4)CC3)c2c1)c1ccccc1Cl. The number of hydrogen-bond donors (Lipinski definition) is 0. The Labute approximate surface area is 190 Å². The lowest BCUT2D eigenvalue weighted by Gasteiger charge is -2.36. The number of para-hydroxylation sites is 1. The molecular weight excluding hydrogens is 426 g/mol. The number of hydrogen-bond acceptors (Lipinski definition) is 5. The number of halogens is 1. The Morgan fingerprint density at radius 1 is 0.906 bits per heavy atom. The fourth-order valence-electron chi connectivity index (χ4n) is 4.12. The van der Waals surface area contributed by atoms with E-state index in [1.54, 1.807) is 47.0 Å². The molecule has 6 nitrogen and oxygen atoms in total. The van der Waals surface area contributed by atoms with Gasteiger partial charge < -0.3 is 9.32 Å². The lowest BCUT2D eigenvalue weighted by molar-refractivity contribution is 0.103. The number of benzene rings is 3. The highest BCUT2D eigenvalue weighted by Crippen LogP contribution is 2.23. The number of nitrogens with zero attached hydrogens (tertiary/aromatic N) is 3. The number of oxazole rings is 1. The zero-order valence-electron chi connectivity index (χ0n) is 17.4. The van der Waals surface area contributed by atoms with E-state index in [2.05, 4.69) is 21.9 Å². The third-order valence-electron chi connectivity index (χ3n) is 5.88. The van der Waals surface area contributed by atoms with Crippen LogP contribution in [0, 0.1) is 0 Å². The molecule has 7 heteroatoms. The highest BCUT2D eigenvalue weighted by atomic mass is 35.5. The van der Waals surface area contributed by atoms with E-state index < -0.39 is 5.76 Å². The van der Waals surface area contributed by atoms with Crippen LogP contribution in [-0.2, 0) is 6.67 Å². The molecule has 0 unspecified atom stereocenters. The summed E-state index contributed by atoms with van der Waals surface area (Å²) in [6.07, 6.45) is 0. The summed E-state index contributed by atoms with van der Waals surface area (Å²) < 4.78 is 7.02. The van der Waals surface area contributed by atoms with E-state index in [-0.39, 0.29) is 5.78 Å². The fraction of sp³-hybridized carbons (Fsp3) is 0.200. The largest absolute Gasteiger partial charge is 0.421 e. The van der Waals surface area contributed by atoms with E-state index in [0.717, 1.165) is 26.2 Å². The van der Waals surface area contributed by atoms with Gasteiger partial charge in [-0.1, -0.05) is 41.9 Å². The molecule has 1 saturated heterocycles. The fourth-order valence-corrected chi connectivity index (χ4v) is 4.35. The molecule has 3 aromatic carbocycles. The molecule has 4 aromatic rings. The third kappa shape index (κ3) is 3.95. The van der Waals surface area contributed by atoms with Crippen LogP contribution in [0.2, 0.25) is 5.02 Å². The molecule has 1 aliphatic heterocycles. The number of fused-ring (bicyclic) bond motifs is 1. The van der Waals surface area contributed by atoms with Crippen LogP contribution < -0.4 is 10.7 Å². The lowest BCUT2D eigenvalue weighted by Crippen LogP contribution is -2.47. The Balaban J connectivity index is 1.37. The predicted molar refractivity (Wildman–Crippen MR) is 126 cm³/mol. The van der Waals surface area contributed by atoms with Crippen LogP contribution in [0.3, 0.4) is 0 Å². The molecule has 162 valence electrons. The molecule has 32 heavy (non-hydrogen) atoms. The summed E-state index contributed by atoms with van der Waals surface area (Å²) in [6.45, 7) is 3.83. The van der Waals surface area contributed by atoms with E-state index in [1.165, 1.54) is 5.69 Å². The summed E-state index contributed by atoms with van der Waals surface area (Å²) in [4.78, 5) is 30.1. The number of carbonyl (C=O) groups is 1. The molecule has 0 N–H and O–H groups in total. The second-order valence-electron chi connectivity index (χ2n) is 7.87. The summed E-state index contributed by atoms with van der Waals surface area (Å²) in [7, 11) is 0. The van der Waals surface area contributed by atoms with Crippen LogP contribution >= 0.6 is 11.6 Å². The first kappa shape index (κ1) is 20.5. The van der Waals surface area contributed by atoms with Gasteiger partial charge in [-0.05, 0) is 42.5 Å². The van der Waals surface area contributed by atoms with Gasteiger partial charge in [-0.25, -0.2) is 4.79 Å². The second-order valence-corrected chi connectivity index (χ2v) is 8.28. The number of anilines is 1. The first-order valence-electron chi connectivity index (χ1n) is 10.5. The molecule has 5 rings (SSSR count). The Morgan fingerprint density at radius 3 is 2.38 bits per heavy atom. The van der Waals surface area contributed by atoms with Crippen molar-refractivity contribution in [1.82, 2.24) is 9.47 Å². The summed E-state index contributed by atoms with van der Waals surface area (Å²) in [5.74, 6) is -0.609. The van der Waals surface area contributed by atoms with E-state index >= 15 is 0 Å². The molecule has 0 amide bonds. The van der Waals surface area contributed by atoms with Crippen molar-refractivity contribution in [1.29, 1.82) is 0 Å². The number of ketones is 1. The molecule has 2 heterocycles. The van der Waals surface area contributed by atoms with Crippen molar-refractivity contribution in [2.24, 2.45) is 0 Å². The summed E-state index contributed by atoms with van der Waals surface area (Å²) in [5.41, 5.74) is 3.19. The summed E-state index contributed by atoms with van der Waals surface area (Å²) in [5, 5.41) is 0.401. The van der Waals surface area contributed by atoms with Gasteiger partial charge in [-0.3, -0.25) is 14.3 Å². The standard InChI is InChI=1S/C25H22ClN3O3/c26-21-9-5-4-8-20(21)24(30)18-10-11-23-22(16-18)29(25(31)32-23)17-27-12-14-28(15-13-27)19-6-2-1-3-7-19/h1-11,16H,12-15,17H2. The van der Waals surface area contributed by atoms with Crippen LogP contribution in [0.5, 0.6) is 0 Å². The van der Waals surface area contributed by atoms with Crippen LogP contribution in [0.1, 0.15) is 15.9 Å². The minimum absolute atomic E-state index is 0.186. The highest BCUT2D eigenvalue weighted by molar-refractivity contribution is 6.35. The van der Waals surface area contributed by atoms with Crippen molar-refractivity contribution in [2.45, 2.75) is 6.67 Å². The zero-order valence-corrected chi connectivity index (χ0v) is 18.2. The molecule has 0 saturated carbocycles. The van der Waals surface area contributed by atoms with Gasteiger partial charge in [0.2, 0.25) is 0 Å². The Kier molecular flexibility index (Phi) is 5.55. The van der Waals surface area contributed by atoms with Crippen LogP contribution in [0.15, 0.2) is 82.0 Å². The van der Waals surface area contributed by atoms with E-state index in [9.17, 15) is 9.59 Å². The molecular formula is C25H22ClN3O3. The molecule has 0 spiro atoms. The van der Waals surface area contributed by atoms with Gasteiger partial charge in [-0.15, -0.1) is 0 Å². The van der Waals surface area contributed by atoms with Gasteiger partial charge in [-0.2, -0.15) is 0 Å². The van der Waals surface area contributed by atoms with Crippen molar-refractivity contribution in [3.63, 3.8) is 0 Å². The van der Waals surface area contributed by atoms with Crippen molar-refractivity contribution in [2.75, 3.05) is 31.1 Å². The van der Waals surface area contributed by atoms with Crippen molar-refractivity contribution in [3.05, 3.63) is 99.5 Å². The van der Waals surface area contributed by atoms with E-state index in [0.29, 0.717) is 33.9 Å². The zero-order chi connectivity index (χ0) is 22.1. The van der Waals surface area contributed by atoms with Crippen LogP contribution in [-0.4, -0.2) is 41.4 Å². The normalized spacial score (nSPS) is 14.7. The van der Waals surface area contributed by atoms with Gasteiger partial charge in [0.15, 0.2) is 11.4 Å². The molecule has 1 aromatic heterocycles. The minimum atomic E-state index is -0.423. The minimum Gasteiger partial charge on any atom is -0.408 e. The predicted octanol–water partition coefficient (Wildman–Crippen LogP) is 4.26. The smallest absolute Gasteiger partial charge is 0.408 e. The average molecular weight is 448 g/mol. The maximum atomic E-state index is 13.0. The molecule has 1 fully saturated rings. The van der Waals surface area contributed by atoms with Gasteiger partial charge >= 0.3 is 5.76 Å². The Bertz CT molecular complexity index is 1320. The number of piperazine rings is 1. The first-order valence-corrected chi connectivity index (χ1v) is 10.9. The van der Waals surface area contributed by atoms with Gasteiger partial charge in [0, 0.05) is 43.0 Å². The third-order valence-corrected chi connectivity index (χ3v) is 6.21. The Morgan fingerprint density at radius 2 is 1.62 bits per heavy atom. The van der Waals surface area contributed by atoms with Gasteiger partial charge in [0.05, 0.1) is 17.2 Å². The van der Waals surface area contributed by atoms with Crippen molar-refractivity contribution in [3.8, 4) is 0 Å². The number of carbonyl (C=O) groups excluding carboxylic acids is 1. The van der Waals surface area contributed by atoms with Gasteiger partial charge in [0.25, 0.3) is 0 Å². The monoisotopic (exact) mass is 447 g/mol. The second kappa shape index (κ2) is 8.65. The molecule has 0 radical (unpaired) electrons. The van der Waals surface area contributed by atoms with E-state index in [1.807, 2.05) is 18.2 Å². The topological polar surface area (TPSA) is 58.7 Å². The average Bonchev–Trinajstić information content (AvgIpc) is 3.14. The number of rotatable bonds is 5. The van der Waals surface area contributed by atoms with Crippen molar-refractivity contribution >= 4 is 34.2 Å². The van der Waals surface area contributed by atoms with E-state index in [4.69, 9.17) is 16.0 Å². The molecule has 1 aliphatic rings. The first-order chi connectivity index (χ1) is 15.6. The van der Waals surface area contributed by atoms with Gasteiger partial charge in [0.1, 0.15) is 0 Å². The Hall–Kier alpha value is -3.35. The maximum absolute atomic E-state index is 13.0. The highest BCUT2D eigenvalue weighted by Gasteiger charge is 2.21. The molecule has 0 atom stereocenters. The summed E-state index contributed by atoms with van der Waals surface area (Å²) >= 11 is 6.20. The van der Waals surface area contributed by atoms with Crippen LogP contribution in [0.25, 0.3) is 11.1 Å². The summed E-state index contributed by atoms with van der Waals surface area (Å²) in [6, 6.07) is 22.3.